The first kappa shape index (κ1) is 8.95. The second kappa shape index (κ2) is 4.79. The maximum absolute atomic E-state index is 10.7. The van der Waals surface area contributed by atoms with Crippen molar-refractivity contribution in [3.05, 3.63) is 24.8 Å². The second-order valence-electron chi connectivity index (χ2n) is 1.88. The number of carbonyl (C=O) groups is 1. The van der Waals surface area contributed by atoms with Crippen LogP contribution in [0.4, 0.5) is 0 Å². The molecule has 0 aromatic heterocycles. The first-order valence-corrected chi connectivity index (χ1v) is 3.16. The van der Waals surface area contributed by atoms with Crippen LogP contribution in [0, 0.1) is 0 Å². The predicted octanol–water partition coefficient (Wildman–Crippen LogP) is 1.68. The third kappa shape index (κ3) is 3.89. The standard InChI is InChI=1S/C8H12O2/c1-4-6-8(9)10-7(3)5-2/h4-7H,2H2,1,3H3/b6-4+. The molecule has 56 valence electrons. The Balaban J connectivity index is 3.67. The molecular weight excluding hydrogens is 128 g/mol. The molecule has 0 saturated carbocycles. The van der Waals surface area contributed by atoms with Gasteiger partial charge in [-0.15, -0.1) is 0 Å². The summed E-state index contributed by atoms with van der Waals surface area (Å²) >= 11 is 0. The van der Waals surface area contributed by atoms with Crippen molar-refractivity contribution in [2.24, 2.45) is 0 Å². The highest BCUT2D eigenvalue weighted by Gasteiger charge is 1.99. The zero-order chi connectivity index (χ0) is 7.98. The van der Waals surface area contributed by atoms with Crippen LogP contribution in [0.15, 0.2) is 24.8 Å². The highest BCUT2D eigenvalue weighted by atomic mass is 16.5. The molecule has 2 heteroatoms. The number of allylic oxidation sites excluding steroid dienone is 1. The Morgan fingerprint density at radius 3 is 2.70 bits per heavy atom. The fourth-order valence-corrected chi connectivity index (χ4v) is 0.407. The largest absolute Gasteiger partial charge is 0.455 e. The number of hydrogen-bond donors (Lipinski definition) is 0. The van der Waals surface area contributed by atoms with E-state index in [1.165, 1.54) is 6.08 Å². The number of ether oxygens (including phenoxy) is 1. The van der Waals surface area contributed by atoms with Crippen LogP contribution in [-0.4, -0.2) is 12.1 Å². The minimum Gasteiger partial charge on any atom is -0.455 e. The van der Waals surface area contributed by atoms with Gasteiger partial charge in [-0.2, -0.15) is 0 Å². The average molecular weight is 140 g/mol. The van der Waals surface area contributed by atoms with Crippen LogP contribution >= 0.6 is 0 Å². The Kier molecular flexibility index (Phi) is 4.29. The smallest absolute Gasteiger partial charge is 0.330 e. The van der Waals surface area contributed by atoms with Crippen LogP contribution in [0.3, 0.4) is 0 Å². The lowest BCUT2D eigenvalue weighted by Gasteiger charge is -2.04. The molecule has 0 spiro atoms. The molecule has 0 bridgehead atoms. The molecule has 0 rings (SSSR count). The van der Waals surface area contributed by atoms with E-state index in [-0.39, 0.29) is 12.1 Å². The number of hydrogen-bond acceptors (Lipinski definition) is 2. The molecule has 0 N–H and O–H groups in total. The summed E-state index contributed by atoms with van der Waals surface area (Å²) < 4.78 is 4.80. The van der Waals surface area contributed by atoms with E-state index in [1.807, 2.05) is 0 Å². The van der Waals surface area contributed by atoms with Crippen molar-refractivity contribution in [1.82, 2.24) is 0 Å². The van der Waals surface area contributed by atoms with Crippen LogP contribution < -0.4 is 0 Å². The lowest BCUT2D eigenvalue weighted by atomic mass is 10.4. The number of esters is 1. The van der Waals surface area contributed by atoms with Crippen LogP contribution in [0.2, 0.25) is 0 Å². The van der Waals surface area contributed by atoms with Gasteiger partial charge in [-0.25, -0.2) is 4.79 Å². The average Bonchev–Trinajstić information content (AvgIpc) is 1.88. The van der Waals surface area contributed by atoms with Gasteiger partial charge in [-0.3, -0.25) is 0 Å². The lowest BCUT2D eigenvalue weighted by Crippen LogP contribution is -2.09. The number of rotatable bonds is 3. The van der Waals surface area contributed by atoms with Gasteiger partial charge in [0.25, 0.3) is 0 Å². The molecule has 0 aromatic rings. The molecule has 2 nitrogen and oxygen atoms in total. The third-order valence-electron chi connectivity index (χ3n) is 0.937. The van der Waals surface area contributed by atoms with E-state index >= 15 is 0 Å². The van der Waals surface area contributed by atoms with Gasteiger partial charge in [0, 0.05) is 6.08 Å². The zero-order valence-electron chi connectivity index (χ0n) is 6.33. The Labute approximate surface area is 61.2 Å². The molecule has 0 aliphatic rings. The van der Waals surface area contributed by atoms with Gasteiger partial charge < -0.3 is 4.74 Å². The highest BCUT2D eigenvalue weighted by Crippen LogP contribution is 1.92. The van der Waals surface area contributed by atoms with Gasteiger partial charge in [-0.05, 0) is 13.8 Å². The van der Waals surface area contributed by atoms with E-state index < -0.39 is 0 Å². The molecule has 0 aromatic carbocycles. The quantitative estimate of drug-likeness (QED) is 0.338. The monoisotopic (exact) mass is 140 g/mol. The summed E-state index contributed by atoms with van der Waals surface area (Å²) in [5.41, 5.74) is 0. The van der Waals surface area contributed by atoms with E-state index in [4.69, 9.17) is 4.74 Å². The Bertz CT molecular complexity index is 147. The van der Waals surface area contributed by atoms with Crippen molar-refractivity contribution < 1.29 is 9.53 Å². The molecule has 0 saturated heterocycles. The van der Waals surface area contributed by atoms with Crippen molar-refractivity contribution in [1.29, 1.82) is 0 Å². The molecule has 0 heterocycles. The molecule has 0 radical (unpaired) electrons. The highest BCUT2D eigenvalue weighted by molar-refractivity contribution is 5.81. The first-order chi connectivity index (χ1) is 4.70. The number of carbonyl (C=O) groups excluding carboxylic acids is 1. The van der Waals surface area contributed by atoms with Crippen molar-refractivity contribution in [3.8, 4) is 0 Å². The van der Waals surface area contributed by atoms with Crippen molar-refractivity contribution >= 4 is 5.97 Å². The minimum absolute atomic E-state index is 0.205. The summed E-state index contributed by atoms with van der Waals surface area (Å²) in [6.45, 7) is 6.99. The summed E-state index contributed by atoms with van der Waals surface area (Å²) in [6, 6.07) is 0. The van der Waals surface area contributed by atoms with Gasteiger partial charge >= 0.3 is 5.97 Å². The molecule has 1 unspecified atom stereocenters. The SMILES string of the molecule is C=CC(C)OC(=O)/C=C/C. The molecule has 0 aliphatic heterocycles. The van der Waals surface area contributed by atoms with E-state index in [2.05, 4.69) is 6.58 Å². The summed E-state index contributed by atoms with van der Waals surface area (Å²) in [7, 11) is 0. The summed E-state index contributed by atoms with van der Waals surface area (Å²) in [4.78, 5) is 10.7. The molecule has 10 heavy (non-hydrogen) atoms. The van der Waals surface area contributed by atoms with Crippen LogP contribution in [0.25, 0.3) is 0 Å². The van der Waals surface area contributed by atoms with Crippen LogP contribution in [0.5, 0.6) is 0 Å². The molecule has 0 fully saturated rings. The van der Waals surface area contributed by atoms with Gasteiger partial charge in [0.2, 0.25) is 0 Å². The van der Waals surface area contributed by atoms with Gasteiger partial charge in [0.15, 0.2) is 0 Å². The molecule has 1 atom stereocenters. The lowest BCUT2D eigenvalue weighted by molar-refractivity contribution is -0.140. The van der Waals surface area contributed by atoms with E-state index in [0.717, 1.165) is 0 Å². The molecular formula is C8H12O2. The Morgan fingerprint density at radius 1 is 1.70 bits per heavy atom. The fourth-order valence-electron chi connectivity index (χ4n) is 0.407. The van der Waals surface area contributed by atoms with Gasteiger partial charge in [0.1, 0.15) is 6.10 Å². The van der Waals surface area contributed by atoms with Gasteiger partial charge in [0.05, 0.1) is 0 Å². The summed E-state index contributed by atoms with van der Waals surface area (Å²) in [6.07, 6.45) is 4.38. The van der Waals surface area contributed by atoms with E-state index in [1.54, 1.807) is 26.0 Å². The van der Waals surface area contributed by atoms with Gasteiger partial charge in [-0.1, -0.05) is 18.7 Å². The van der Waals surface area contributed by atoms with Crippen molar-refractivity contribution in [2.75, 3.05) is 0 Å². The third-order valence-corrected chi connectivity index (χ3v) is 0.937. The maximum atomic E-state index is 10.7. The fraction of sp³-hybridized carbons (Fsp3) is 0.375. The van der Waals surface area contributed by atoms with Crippen LogP contribution in [-0.2, 0) is 9.53 Å². The maximum Gasteiger partial charge on any atom is 0.330 e. The topological polar surface area (TPSA) is 26.3 Å². The van der Waals surface area contributed by atoms with E-state index in [9.17, 15) is 4.79 Å². The van der Waals surface area contributed by atoms with Crippen LogP contribution in [0.1, 0.15) is 13.8 Å². The summed E-state index contributed by atoms with van der Waals surface area (Å²) in [5.74, 6) is -0.324. The molecule has 0 aliphatic carbocycles. The predicted molar refractivity (Wildman–Crippen MR) is 40.6 cm³/mol. The Morgan fingerprint density at radius 2 is 2.30 bits per heavy atom. The first-order valence-electron chi connectivity index (χ1n) is 3.16. The molecule has 0 amide bonds. The normalized spacial score (nSPS) is 13.0. The Hall–Kier alpha value is -1.05. The van der Waals surface area contributed by atoms with Crippen molar-refractivity contribution in [3.63, 3.8) is 0 Å². The minimum atomic E-state index is -0.324. The van der Waals surface area contributed by atoms with E-state index in [0.29, 0.717) is 0 Å². The zero-order valence-corrected chi connectivity index (χ0v) is 6.33. The summed E-state index contributed by atoms with van der Waals surface area (Å²) in [5, 5.41) is 0. The second-order valence-corrected chi connectivity index (χ2v) is 1.88. The van der Waals surface area contributed by atoms with Crippen molar-refractivity contribution in [2.45, 2.75) is 20.0 Å².